The lowest BCUT2D eigenvalue weighted by atomic mass is 10.1. The maximum absolute atomic E-state index is 9.96. The molecule has 0 radical (unpaired) electrons. The summed E-state index contributed by atoms with van der Waals surface area (Å²) in [7, 11) is 0. The minimum atomic E-state index is 0.0794. The molecule has 0 amide bonds. The van der Waals surface area contributed by atoms with Gasteiger partial charge in [0.05, 0.1) is 11.0 Å². The van der Waals surface area contributed by atoms with E-state index >= 15 is 0 Å². The van der Waals surface area contributed by atoms with Crippen LogP contribution >= 0.6 is 11.8 Å². The number of hydrogen-bond donors (Lipinski definition) is 2. The number of rotatable bonds is 2. The Morgan fingerprint density at radius 2 is 1.64 bits per heavy atom. The first-order valence-electron chi connectivity index (χ1n) is 7.76. The van der Waals surface area contributed by atoms with E-state index in [1.54, 1.807) is 17.8 Å². The maximum atomic E-state index is 9.96. The third-order valence-electron chi connectivity index (χ3n) is 3.63. The van der Waals surface area contributed by atoms with Gasteiger partial charge < -0.3 is 10.3 Å². The fourth-order valence-corrected chi connectivity index (χ4v) is 3.63. The molecule has 0 bridgehead atoms. The number of phenols is 1. The lowest BCUT2D eigenvalue weighted by molar-refractivity contribution is 0.316. The second-order valence-electron chi connectivity index (χ2n) is 5.30. The number of phenolic OH excluding ortho intramolecular Hbond substituents is 1. The van der Waals surface area contributed by atoms with Crippen LogP contribution in [0.2, 0.25) is 0 Å². The zero-order valence-electron chi connectivity index (χ0n) is 12.7. The molecule has 0 saturated carbocycles. The molecule has 118 valence electrons. The summed E-state index contributed by atoms with van der Waals surface area (Å²) in [6, 6.07) is 7.32. The Morgan fingerprint density at radius 3 is 2.36 bits per heavy atom. The zero-order chi connectivity index (χ0) is 15.6. The molecule has 1 aliphatic carbocycles. The molecule has 0 heterocycles. The first-order valence-corrected chi connectivity index (χ1v) is 8.64. The maximum Gasteiger partial charge on any atom is 0.129 e. The first kappa shape index (κ1) is 16.7. The minimum absolute atomic E-state index is 0.0794. The van der Waals surface area contributed by atoms with Gasteiger partial charge >= 0.3 is 0 Å². The molecule has 0 aromatic heterocycles. The molecule has 0 saturated heterocycles. The predicted octanol–water partition coefficient (Wildman–Crippen LogP) is 5.15. The van der Waals surface area contributed by atoms with Gasteiger partial charge in [-0.2, -0.15) is 0 Å². The normalized spacial score (nSPS) is 25.1. The van der Waals surface area contributed by atoms with Gasteiger partial charge in [0.15, 0.2) is 0 Å². The van der Waals surface area contributed by atoms with E-state index in [1.165, 1.54) is 0 Å². The average molecular weight is 317 g/mol. The molecule has 22 heavy (non-hydrogen) atoms. The molecule has 4 heteroatoms. The van der Waals surface area contributed by atoms with Gasteiger partial charge in [-0.3, -0.25) is 0 Å². The van der Waals surface area contributed by atoms with E-state index < -0.39 is 0 Å². The highest BCUT2D eigenvalue weighted by molar-refractivity contribution is 8.00. The fourth-order valence-electron chi connectivity index (χ4n) is 2.42. The molecule has 1 aromatic rings. The summed E-state index contributed by atoms with van der Waals surface area (Å²) in [5, 5.41) is 23.0. The van der Waals surface area contributed by atoms with Crippen LogP contribution in [-0.2, 0) is 0 Å². The number of nitrogens with zero attached hydrogens (tertiary/aromatic N) is 1. The van der Waals surface area contributed by atoms with Gasteiger partial charge in [-0.25, -0.2) is 0 Å². The number of oxime groups is 1. The molecule has 2 rings (SSSR count). The van der Waals surface area contributed by atoms with Crippen LogP contribution in [0.25, 0.3) is 0 Å². The van der Waals surface area contributed by atoms with Crippen molar-refractivity contribution in [1.82, 2.24) is 0 Å². The summed E-state index contributed by atoms with van der Waals surface area (Å²) in [6.45, 7) is 0. The van der Waals surface area contributed by atoms with Crippen molar-refractivity contribution >= 4 is 17.5 Å². The molecule has 3 nitrogen and oxygen atoms in total. The molecule has 0 spiro atoms. The molecule has 0 fully saturated rings. The molecule has 1 atom stereocenters. The minimum Gasteiger partial charge on any atom is -0.507 e. The van der Waals surface area contributed by atoms with Gasteiger partial charge in [0.1, 0.15) is 5.75 Å². The molecular formula is C18H23NO2S. The van der Waals surface area contributed by atoms with E-state index in [9.17, 15) is 10.3 Å². The third kappa shape index (κ3) is 5.26. The highest BCUT2D eigenvalue weighted by atomic mass is 32.2. The molecular weight excluding hydrogens is 294 g/mol. The summed E-state index contributed by atoms with van der Waals surface area (Å²) in [6.07, 6.45) is 14.4. The van der Waals surface area contributed by atoms with Gasteiger partial charge in [0.25, 0.3) is 0 Å². The van der Waals surface area contributed by atoms with Crippen molar-refractivity contribution in [2.24, 2.45) is 5.16 Å². The third-order valence-corrected chi connectivity index (χ3v) is 5.02. The van der Waals surface area contributed by atoms with Gasteiger partial charge in [-0.1, -0.05) is 41.6 Å². The van der Waals surface area contributed by atoms with Crippen molar-refractivity contribution < 1.29 is 10.3 Å². The standard InChI is InChI=1S/C18H23NO2S/c20-16-12-9-10-14-18(16)22-17-13-8-6-4-2-1-3-5-7-11-15(17)19-21/h3-6,9-10,12,14,17,20-21H,1-2,7-8,11,13H2/b5-3+,6-4+,19-15-/t17-/m0/s1. The van der Waals surface area contributed by atoms with Crippen molar-refractivity contribution in [1.29, 1.82) is 0 Å². The Kier molecular flexibility index (Phi) is 7.10. The number of hydrogen-bond acceptors (Lipinski definition) is 4. The van der Waals surface area contributed by atoms with Crippen LogP contribution in [0.1, 0.15) is 38.5 Å². The number of thioether (sulfide) groups is 1. The van der Waals surface area contributed by atoms with E-state index in [1.807, 2.05) is 18.2 Å². The molecule has 1 aromatic carbocycles. The lowest BCUT2D eigenvalue weighted by Gasteiger charge is -2.18. The van der Waals surface area contributed by atoms with Gasteiger partial charge in [0, 0.05) is 4.90 Å². The van der Waals surface area contributed by atoms with E-state index in [-0.39, 0.29) is 11.0 Å². The van der Waals surface area contributed by atoms with E-state index in [4.69, 9.17) is 0 Å². The Balaban J connectivity index is 2.13. The number of allylic oxidation sites excluding steroid dienone is 4. The average Bonchev–Trinajstić information content (AvgIpc) is 2.52. The summed E-state index contributed by atoms with van der Waals surface area (Å²) in [5.74, 6) is 0.284. The summed E-state index contributed by atoms with van der Waals surface area (Å²) < 4.78 is 0. The van der Waals surface area contributed by atoms with Crippen molar-refractivity contribution in [3.05, 3.63) is 48.6 Å². The summed E-state index contributed by atoms with van der Waals surface area (Å²) in [4.78, 5) is 0.834. The Morgan fingerprint density at radius 1 is 0.955 bits per heavy atom. The first-order chi connectivity index (χ1) is 10.8. The van der Waals surface area contributed by atoms with Crippen LogP contribution in [0.4, 0.5) is 0 Å². The van der Waals surface area contributed by atoms with E-state index in [0.717, 1.165) is 49.1 Å². The zero-order valence-corrected chi connectivity index (χ0v) is 13.5. The smallest absolute Gasteiger partial charge is 0.129 e. The van der Waals surface area contributed by atoms with Crippen molar-refractivity contribution in [3.63, 3.8) is 0 Å². The van der Waals surface area contributed by atoms with Crippen molar-refractivity contribution in [3.8, 4) is 5.75 Å². The van der Waals surface area contributed by atoms with Crippen molar-refractivity contribution in [2.45, 2.75) is 48.7 Å². The second kappa shape index (κ2) is 9.36. The predicted molar refractivity (Wildman–Crippen MR) is 93.0 cm³/mol. The highest BCUT2D eigenvalue weighted by Crippen LogP contribution is 2.34. The molecule has 1 aliphatic rings. The van der Waals surface area contributed by atoms with Gasteiger partial charge in [-0.05, 0) is 50.7 Å². The Labute approximate surface area is 136 Å². The van der Waals surface area contributed by atoms with Gasteiger partial charge in [-0.15, -0.1) is 11.8 Å². The van der Waals surface area contributed by atoms with Crippen LogP contribution in [0, 0.1) is 0 Å². The Hall–Kier alpha value is -1.68. The van der Waals surface area contributed by atoms with E-state index in [2.05, 4.69) is 29.5 Å². The largest absolute Gasteiger partial charge is 0.507 e. The molecule has 0 unspecified atom stereocenters. The van der Waals surface area contributed by atoms with Gasteiger partial charge in [0.2, 0.25) is 0 Å². The number of benzene rings is 1. The van der Waals surface area contributed by atoms with Crippen LogP contribution in [0.15, 0.2) is 58.6 Å². The van der Waals surface area contributed by atoms with Crippen LogP contribution in [0.3, 0.4) is 0 Å². The fraction of sp³-hybridized carbons (Fsp3) is 0.389. The lowest BCUT2D eigenvalue weighted by Crippen LogP contribution is -2.17. The molecule has 2 N–H and O–H groups in total. The monoisotopic (exact) mass is 317 g/mol. The second-order valence-corrected chi connectivity index (χ2v) is 6.55. The highest BCUT2D eigenvalue weighted by Gasteiger charge is 2.19. The quantitative estimate of drug-likeness (QED) is 0.450. The SMILES string of the molecule is O/N=C1/CC/C=C/CC/C=C/CC[C@@H]1Sc1ccccc1O. The summed E-state index contributed by atoms with van der Waals surface area (Å²) in [5.41, 5.74) is 0.798. The Bertz CT molecular complexity index is 552. The number of para-hydroxylation sites is 1. The molecule has 0 aliphatic heterocycles. The topological polar surface area (TPSA) is 52.8 Å². The van der Waals surface area contributed by atoms with Crippen LogP contribution in [-0.4, -0.2) is 21.3 Å². The van der Waals surface area contributed by atoms with Crippen LogP contribution in [0.5, 0.6) is 5.75 Å². The van der Waals surface area contributed by atoms with Crippen LogP contribution < -0.4 is 0 Å². The van der Waals surface area contributed by atoms with E-state index in [0.29, 0.717) is 0 Å². The summed E-state index contributed by atoms with van der Waals surface area (Å²) >= 11 is 1.58. The van der Waals surface area contributed by atoms with Crippen molar-refractivity contribution in [2.75, 3.05) is 0 Å². The number of aromatic hydroxyl groups is 1.